The molecule has 1 aromatic heterocycles. The Balaban J connectivity index is 1.80. The zero-order valence-electron chi connectivity index (χ0n) is 18.6. The molecule has 0 unspecified atom stereocenters. The lowest BCUT2D eigenvalue weighted by molar-refractivity contribution is -0.119. The minimum Gasteiger partial charge on any atom is -0.493 e. The van der Waals surface area contributed by atoms with E-state index in [1.165, 1.54) is 18.2 Å². The number of benzene rings is 2. The zero-order valence-corrected chi connectivity index (χ0v) is 21.8. The van der Waals surface area contributed by atoms with Gasteiger partial charge in [-0.25, -0.2) is 4.98 Å². The van der Waals surface area contributed by atoms with Crippen LogP contribution in [0.5, 0.6) is 11.5 Å². The topological polar surface area (TPSA) is 109 Å². The molecule has 34 heavy (non-hydrogen) atoms. The standard InChI is InChI=1S/C24H24Br2N4O4/c1-33-18-11-15(20(25)21(26)22(18)34-13-19(27)31)12-28-30-23(14-7-3-2-4-8-14)29-17-10-6-5-9-16(17)24(30)32/h5-6,9-12,14H,2-4,7-8,13H2,1H3,(H2,27,31). The van der Waals surface area contributed by atoms with E-state index < -0.39 is 5.91 Å². The predicted octanol–water partition coefficient (Wildman–Crippen LogP) is 4.72. The number of aromatic nitrogens is 2. The van der Waals surface area contributed by atoms with Gasteiger partial charge in [0.25, 0.3) is 11.5 Å². The summed E-state index contributed by atoms with van der Waals surface area (Å²) in [6.45, 7) is -0.294. The molecule has 0 atom stereocenters. The summed E-state index contributed by atoms with van der Waals surface area (Å²) in [5.74, 6) is 0.974. The van der Waals surface area contributed by atoms with Gasteiger partial charge in [0, 0.05) is 16.0 Å². The molecule has 2 N–H and O–H groups in total. The highest BCUT2D eigenvalue weighted by atomic mass is 79.9. The third kappa shape index (κ3) is 5.02. The third-order valence-corrected chi connectivity index (χ3v) is 7.94. The van der Waals surface area contributed by atoms with Crippen molar-refractivity contribution < 1.29 is 14.3 Å². The number of hydrogen-bond donors (Lipinski definition) is 1. The SMILES string of the molecule is COc1cc(C=Nn2c(C3CCCCC3)nc3ccccc3c2=O)c(Br)c(Br)c1OCC(N)=O. The van der Waals surface area contributed by atoms with E-state index in [9.17, 15) is 9.59 Å². The summed E-state index contributed by atoms with van der Waals surface area (Å²) in [6, 6.07) is 9.04. The second-order valence-corrected chi connectivity index (χ2v) is 9.65. The van der Waals surface area contributed by atoms with Crippen molar-refractivity contribution in [2.24, 2.45) is 10.8 Å². The first-order chi connectivity index (χ1) is 16.4. The van der Waals surface area contributed by atoms with Gasteiger partial charge >= 0.3 is 0 Å². The number of halogens is 2. The van der Waals surface area contributed by atoms with Gasteiger partial charge in [0.1, 0.15) is 5.82 Å². The van der Waals surface area contributed by atoms with Crippen molar-refractivity contribution in [3.05, 3.63) is 61.0 Å². The Labute approximate surface area is 213 Å². The van der Waals surface area contributed by atoms with Gasteiger partial charge in [0.2, 0.25) is 0 Å². The van der Waals surface area contributed by atoms with Crippen molar-refractivity contribution in [2.45, 2.75) is 38.0 Å². The van der Waals surface area contributed by atoms with Gasteiger partial charge in [-0.15, -0.1) is 0 Å². The number of nitrogens with zero attached hydrogens (tertiary/aromatic N) is 3. The van der Waals surface area contributed by atoms with Crippen molar-refractivity contribution in [1.29, 1.82) is 0 Å². The summed E-state index contributed by atoms with van der Waals surface area (Å²) in [5.41, 5.74) is 6.32. The van der Waals surface area contributed by atoms with Crippen LogP contribution in [0.4, 0.5) is 0 Å². The fourth-order valence-electron chi connectivity index (χ4n) is 4.13. The smallest absolute Gasteiger partial charge is 0.282 e. The number of amides is 1. The van der Waals surface area contributed by atoms with Crippen LogP contribution >= 0.6 is 31.9 Å². The molecule has 1 saturated carbocycles. The number of ether oxygens (including phenoxy) is 2. The number of carbonyl (C=O) groups is 1. The fraction of sp³-hybridized carbons (Fsp3) is 0.333. The van der Waals surface area contributed by atoms with E-state index >= 15 is 0 Å². The highest BCUT2D eigenvalue weighted by Crippen LogP contribution is 2.42. The molecule has 1 amide bonds. The number of carbonyl (C=O) groups excluding carboxylic acids is 1. The van der Waals surface area contributed by atoms with Gasteiger partial charge in [-0.3, -0.25) is 9.59 Å². The summed E-state index contributed by atoms with van der Waals surface area (Å²) in [6.07, 6.45) is 6.96. The first-order valence-electron chi connectivity index (χ1n) is 10.9. The Hall–Kier alpha value is -2.72. The van der Waals surface area contributed by atoms with Crippen LogP contribution in [0.3, 0.4) is 0 Å². The zero-order chi connectivity index (χ0) is 24.2. The van der Waals surface area contributed by atoms with Crippen molar-refractivity contribution in [3.63, 3.8) is 0 Å². The fourth-order valence-corrected chi connectivity index (χ4v) is 5.06. The molecule has 0 radical (unpaired) electrons. The van der Waals surface area contributed by atoms with Crippen molar-refractivity contribution in [1.82, 2.24) is 9.66 Å². The summed E-state index contributed by atoms with van der Waals surface area (Å²) in [5, 5.41) is 5.10. The van der Waals surface area contributed by atoms with Gasteiger partial charge < -0.3 is 15.2 Å². The van der Waals surface area contributed by atoms with Crippen LogP contribution in [0.15, 0.2) is 49.2 Å². The molecule has 10 heteroatoms. The molecule has 3 aromatic rings. The van der Waals surface area contributed by atoms with E-state index in [4.69, 9.17) is 20.2 Å². The Morgan fingerprint density at radius 2 is 1.97 bits per heavy atom. The van der Waals surface area contributed by atoms with Crippen LogP contribution in [0.1, 0.15) is 49.4 Å². The molecule has 0 bridgehead atoms. The molecule has 1 aliphatic carbocycles. The second-order valence-electron chi connectivity index (χ2n) is 8.06. The third-order valence-electron chi connectivity index (χ3n) is 5.80. The van der Waals surface area contributed by atoms with Crippen LogP contribution < -0.4 is 20.8 Å². The number of fused-ring (bicyclic) bond motifs is 1. The summed E-state index contributed by atoms with van der Waals surface area (Å²) in [4.78, 5) is 29.4. The maximum atomic E-state index is 13.4. The quantitative estimate of drug-likeness (QED) is 0.400. The lowest BCUT2D eigenvalue weighted by Crippen LogP contribution is -2.25. The second kappa shape index (κ2) is 10.7. The Bertz CT molecular complexity index is 1320. The van der Waals surface area contributed by atoms with E-state index in [1.807, 2.05) is 18.2 Å². The molecule has 178 valence electrons. The van der Waals surface area contributed by atoms with Gasteiger partial charge in [-0.1, -0.05) is 31.4 Å². The predicted molar refractivity (Wildman–Crippen MR) is 138 cm³/mol. The minimum atomic E-state index is -0.603. The average Bonchev–Trinajstić information content (AvgIpc) is 2.85. The van der Waals surface area contributed by atoms with Crippen LogP contribution in [0, 0.1) is 0 Å². The summed E-state index contributed by atoms with van der Waals surface area (Å²) >= 11 is 7.01. The lowest BCUT2D eigenvalue weighted by Gasteiger charge is -2.22. The molecule has 0 saturated heterocycles. The van der Waals surface area contributed by atoms with Crippen LogP contribution in [-0.2, 0) is 4.79 Å². The maximum absolute atomic E-state index is 13.4. The molecule has 2 aromatic carbocycles. The Morgan fingerprint density at radius 1 is 1.24 bits per heavy atom. The monoisotopic (exact) mass is 590 g/mol. The van der Waals surface area contributed by atoms with E-state index in [-0.39, 0.29) is 18.1 Å². The number of rotatable bonds is 7. The molecular formula is C24H24Br2N4O4. The first-order valence-corrected chi connectivity index (χ1v) is 12.5. The number of hydrogen-bond acceptors (Lipinski definition) is 6. The van der Waals surface area contributed by atoms with Gasteiger partial charge in [-0.05, 0) is 62.9 Å². The van der Waals surface area contributed by atoms with Crippen LogP contribution in [0.25, 0.3) is 10.9 Å². The van der Waals surface area contributed by atoms with Gasteiger partial charge in [-0.2, -0.15) is 9.78 Å². The molecular weight excluding hydrogens is 568 g/mol. The normalized spacial score (nSPS) is 14.6. The Kier molecular flexibility index (Phi) is 7.67. The largest absolute Gasteiger partial charge is 0.493 e. The van der Waals surface area contributed by atoms with Crippen LogP contribution in [0.2, 0.25) is 0 Å². The molecule has 4 rings (SSSR count). The summed E-state index contributed by atoms with van der Waals surface area (Å²) in [7, 11) is 1.49. The molecule has 0 spiro atoms. The molecule has 1 aliphatic rings. The van der Waals surface area contributed by atoms with Crippen molar-refractivity contribution >= 4 is 54.9 Å². The van der Waals surface area contributed by atoms with E-state index in [0.29, 0.717) is 42.7 Å². The lowest BCUT2D eigenvalue weighted by atomic mass is 9.88. The molecule has 1 fully saturated rings. The molecule has 0 aliphatic heterocycles. The van der Waals surface area contributed by atoms with Gasteiger partial charge in [0.05, 0.1) is 28.7 Å². The number of primary amides is 1. The number of nitrogens with two attached hydrogens (primary N) is 1. The average molecular weight is 592 g/mol. The van der Waals surface area contributed by atoms with E-state index in [1.54, 1.807) is 18.3 Å². The maximum Gasteiger partial charge on any atom is 0.282 e. The van der Waals surface area contributed by atoms with E-state index in [0.717, 1.165) is 25.7 Å². The van der Waals surface area contributed by atoms with Crippen LogP contribution in [-0.4, -0.2) is 35.5 Å². The molecule has 8 nitrogen and oxygen atoms in total. The highest BCUT2D eigenvalue weighted by molar-refractivity contribution is 9.13. The highest BCUT2D eigenvalue weighted by Gasteiger charge is 2.23. The first kappa shape index (κ1) is 24.4. The number of methoxy groups -OCH3 is 1. The van der Waals surface area contributed by atoms with Crippen molar-refractivity contribution in [2.75, 3.05) is 13.7 Å². The molecule has 1 heterocycles. The van der Waals surface area contributed by atoms with E-state index in [2.05, 4.69) is 37.0 Å². The van der Waals surface area contributed by atoms with Crippen molar-refractivity contribution in [3.8, 4) is 11.5 Å². The minimum absolute atomic E-state index is 0.178. The van der Waals surface area contributed by atoms with Gasteiger partial charge in [0.15, 0.2) is 18.1 Å². The summed E-state index contributed by atoms with van der Waals surface area (Å²) < 4.78 is 13.5. The Morgan fingerprint density at radius 3 is 2.68 bits per heavy atom. The number of para-hydroxylation sites is 1.